The average molecular weight is 654 g/mol. The molecule has 0 fully saturated rings. The van der Waals surface area contributed by atoms with Crippen molar-refractivity contribution in [2.24, 2.45) is 0 Å². The zero-order valence-corrected chi connectivity index (χ0v) is 24.1. The predicted molar refractivity (Wildman–Crippen MR) is 150 cm³/mol. The Kier molecular flexibility index (Phi) is 8.85. The summed E-state index contributed by atoms with van der Waals surface area (Å²) < 4.78 is 0. The van der Waals surface area contributed by atoms with E-state index in [-0.39, 0.29) is 54.6 Å². The van der Waals surface area contributed by atoms with Crippen molar-refractivity contribution in [3.8, 4) is 0 Å². The molecule has 1 atom stereocenters. The van der Waals surface area contributed by atoms with E-state index in [2.05, 4.69) is 0 Å². The molecule has 0 spiro atoms. The Bertz CT molecular complexity index is 1430. The maximum atomic E-state index is 13.9. The van der Waals surface area contributed by atoms with Gasteiger partial charge in [0.25, 0.3) is 17.7 Å². The number of imide groups is 1. The molecule has 3 aromatic carbocycles. The molecule has 0 N–H and O–H groups in total. The molecule has 0 radical (unpaired) electrons. The van der Waals surface area contributed by atoms with Gasteiger partial charge in [0, 0.05) is 27.1 Å². The Morgan fingerprint density at radius 1 is 0.684 bits per heavy atom. The number of carbonyl (C=O) groups excluding carboxylic acids is 4. The number of nitrogens with zero attached hydrogens (tertiary/aromatic N) is 2. The van der Waals surface area contributed by atoms with Crippen molar-refractivity contribution >= 4 is 105 Å². The standard InChI is InChI=1S/C25H13Cl7N2O4/c26-10-9-15(22(35)11-1-5-13(27)6-2-11)33(23(36)12-3-7-14(28)8-4-12)34-24(37)16-17(25(34)38)19(30)21(32)20(31)18(16)29/h1-8,15H,9-10H2/t15-/m0/s1. The van der Waals surface area contributed by atoms with Crippen molar-refractivity contribution in [3.63, 3.8) is 0 Å². The average Bonchev–Trinajstić information content (AvgIpc) is 3.16. The van der Waals surface area contributed by atoms with E-state index in [1.807, 2.05) is 0 Å². The summed E-state index contributed by atoms with van der Waals surface area (Å²) in [7, 11) is 0. The Hall–Kier alpha value is -2.03. The molecule has 1 heterocycles. The van der Waals surface area contributed by atoms with Gasteiger partial charge in [-0.05, 0) is 55.0 Å². The Labute approximate surface area is 251 Å². The summed E-state index contributed by atoms with van der Waals surface area (Å²) in [6, 6.07) is 10.1. The summed E-state index contributed by atoms with van der Waals surface area (Å²) >= 11 is 42.8. The Balaban J connectivity index is 1.92. The van der Waals surface area contributed by atoms with Crippen LogP contribution in [-0.4, -0.2) is 45.4 Å². The Morgan fingerprint density at radius 3 is 1.53 bits per heavy atom. The minimum absolute atomic E-state index is 0.0303. The van der Waals surface area contributed by atoms with Crippen LogP contribution in [-0.2, 0) is 0 Å². The molecular formula is C25H13Cl7N2O4. The van der Waals surface area contributed by atoms with E-state index >= 15 is 0 Å². The second kappa shape index (κ2) is 11.6. The summed E-state index contributed by atoms with van der Waals surface area (Å²) in [5.74, 6) is -3.62. The maximum Gasteiger partial charge on any atom is 0.282 e. The second-order valence-electron chi connectivity index (χ2n) is 7.95. The van der Waals surface area contributed by atoms with E-state index < -0.39 is 29.5 Å². The summed E-state index contributed by atoms with van der Waals surface area (Å²) in [5, 5.41) is 0.839. The van der Waals surface area contributed by atoms with Crippen LogP contribution >= 0.6 is 81.2 Å². The minimum Gasteiger partial charge on any atom is -0.292 e. The van der Waals surface area contributed by atoms with E-state index in [1.165, 1.54) is 48.5 Å². The summed E-state index contributed by atoms with van der Waals surface area (Å²) in [6.45, 7) is 0. The molecule has 0 bridgehead atoms. The number of ketones is 1. The third-order valence-corrected chi connectivity index (χ3v) is 8.23. The number of hydrogen-bond acceptors (Lipinski definition) is 4. The molecule has 1 aliphatic rings. The van der Waals surface area contributed by atoms with E-state index in [4.69, 9.17) is 81.2 Å². The number of fused-ring (bicyclic) bond motifs is 1. The highest BCUT2D eigenvalue weighted by Gasteiger charge is 2.49. The van der Waals surface area contributed by atoms with E-state index in [1.54, 1.807) is 0 Å². The number of hydrogen-bond donors (Lipinski definition) is 0. The lowest BCUT2D eigenvalue weighted by Gasteiger charge is -2.36. The third kappa shape index (κ3) is 5.11. The number of carbonyl (C=O) groups is 4. The largest absolute Gasteiger partial charge is 0.292 e. The molecule has 3 amide bonds. The molecule has 6 nitrogen and oxygen atoms in total. The van der Waals surface area contributed by atoms with Crippen LogP contribution in [0.2, 0.25) is 30.1 Å². The predicted octanol–water partition coefficient (Wildman–Crippen LogP) is 8.14. The zero-order valence-electron chi connectivity index (χ0n) is 18.8. The van der Waals surface area contributed by atoms with Crippen molar-refractivity contribution < 1.29 is 19.2 Å². The molecule has 38 heavy (non-hydrogen) atoms. The van der Waals surface area contributed by atoms with Gasteiger partial charge in [-0.3, -0.25) is 19.2 Å². The second-order valence-corrected chi connectivity index (χ2v) is 10.7. The lowest BCUT2D eigenvalue weighted by atomic mass is 10.0. The highest BCUT2D eigenvalue weighted by molar-refractivity contribution is 6.55. The molecule has 196 valence electrons. The number of Topliss-reactive ketones (excluding diaryl/α,β-unsaturated/α-hetero) is 1. The van der Waals surface area contributed by atoms with Gasteiger partial charge in [-0.25, -0.2) is 5.01 Å². The molecule has 4 rings (SSSR count). The number of benzene rings is 3. The van der Waals surface area contributed by atoms with Crippen molar-refractivity contribution in [1.82, 2.24) is 10.0 Å². The minimum atomic E-state index is -1.40. The number of hydrazine groups is 1. The highest BCUT2D eigenvalue weighted by atomic mass is 35.5. The maximum absolute atomic E-state index is 13.9. The smallest absolute Gasteiger partial charge is 0.282 e. The van der Waals surface area contributed by atoms with Gasteiger partial charge >= 0.3 is 0 Å². The molecule has 0 saturated carbocycles. The SMILES string of the molecule is O=C(c1ccc(Cl)cc1)[C@H](CCCl)N(C(=O)c1ccc(Cl)cc1)N1C(=O)c2c(Cl)c(Cl)c(Cl)c(Cl)c2C1=O. The van der Waals surface area contributed by atoms with Gasteiger partial charge < -0.3 is 0 Å². The number of rotatable bonds is 7. The van der Waals surface area contributed by atoms with Gasteiger partial charge in [0.15, 0.2) is 5.78 Å². The van der Waals surface area contributed by atoms with Gasteiger partial charge in [0.05, 0.1) is 31.2 Å². The van der Waals surface area contributed by atoms with Crippen molar-refractivity contribution in [2.45, 2.75) is 12.5 Å². The van der Waals surface area contributed by atoms with Crippen LogP contribution in [0.15, 0.2) is 48.5 Å². The first-order chi connectivity index (χ1) is 18.0. The van der Waals surface area contributed by atoms with Gasteiger partial charge in [-0.2, -0.15) is 5.01 Å². The summed E-state index contributed by atoms with van der Waals surface area (Å²) in [5.41, 5.74) is -0.512. The first kappa shape index (κ1) is 29.0. The van der Waals surface area contributed by atoms with Gasteiger partial charge in [0.2, 0.25) is 0 Å². The van der Waals surface area contributed by atoms with Crippen molar-refractivity contribution in [1.29, 1.82) is 0 Å². The highest BCUT2D eigenvalue weighted by Crippen LogP contribution is 2.45. The number of amides is 3. The lowest BCUT2D eigenvalue weighted by molar-refractivity contribution is -0.00960. The van der Waals surface area contributed by atoms with Crippen LogP contribution in [0.5, 0.6) is 0 Å². The van der Waals surface area contributed by atoms with Gasteiger partial charge in [-0.1, -0.05) is 69.6 Å². The first-order valence-electron chi connectivity index (χ1n) is 10.7. The molecule has 0 unspecified atom stereocenters. The normalized spacial score (nSPS) is 13.5. The van der Waals surface area contributed by atoms with Gasteiger partial charge in [0.1, 0.15) is 6.04 Å². The third-order valence-electron chi connectivity index (χ3n) is 5.70. The number of halogens is 7. The van der Waals surface area contributed by atoms with Crippen molar-refractivity contribution in [3.05, 3.63) is 101 Å². The van der Waals surface area contributed by atoms with Crippen LogP contribution in [0.1, 0.15) is 47.9 Å². The molecule has 3 aromatic rings. The lowest BCUT2D eigenvalue weighted by Crippen LogP contribution is -2.57. The molecular weight excluding hydrogens is 640 g/mol. The number of alkyl halides is 1. The topological polar surface area (TPSA) is 74.8 Å². The fraction of sp³-hybridized carbons (Fsp3) is 0.120. The van der Waals surface area contributed by atoms with Crippen LogP contribution < -0.4 is 0 Å². The van der Waals surface area contributed by atoms with Crippen LogP contribution in [0.4, 0.5) is 0 Å². The van der Waals surface area contributed by atoms with Crippen LogP contribution in [0, 0.1) is 0 Å². The van der Waals surface area contributed by atoms with E-state index in [0.717, 1.165) is 5.01 Å². The molecule has 0 aromatic heterocycles. The van der Waals surface area contributed by atoms with Crippen LogP contribution in [0.25, 0.3) is 0 Å². The van der Waals surface area contributed by atoms with Crippen molar-refractivity contribution in [2.75, 3.05) is 5.88 Å². The molecule has 1 aliphatic heterocycles. The fourth-order valence-electron chi connectivity index (χ4n) is 3.90. The van der Waals surface area contributed by atoms with Crippen LogP contribution in [0.3, 0.4) is 0 Å². The Morgan fingerprint density at radius 2 is 1.11 bits per heavy atom. The quantitative estimate of drug-likeness (QED) is 0.0849. The molecule has 0 aliphatic carbocycles. The summed E-state index contributed by atoms with van der Waals surface area (Å²) in [4.78, 5) is 54.9. The monoisotopic (exact) mass is 650 g/mol. The van der Waals surface area contributed by atoms with E-state index in [0.29, 0.717) is 15.1 Å². The molecule has 0 saturated heterocycles. The first-order valence-corrected chi connectivity index (χ1v) is 13.5. The molecule has 13 heteroatoms. The summed E-state index contributed by atoms with van der Waals surface area (Å²) in [6.07, 6.45) is -0.126. The van der Waals surface area contributed by atoms with Gasteiger partial charge in [-0.15, -0.1) is 11.6 Å². The zero-order chi connectivity index (χ0) is 27.9. The fourth-order valence-corrected chi connectivity index (χ4v) is 5.38. The van der Waals surface area contributed by atoms with E-state index in [9.17, 15) is 19.2 Å².